The molecular weight excluding hydrogens is 160 g/mol. The maximum absolute atomic E-state index is 4.32. The predicted molar refractivity (Wildman–Crippen MR) is 54.5 cm³/mol. The summed E-state index contributed by atoms with van der Waals surface area (Å²) >= 11 is 0. The third-order valence-electron chi connectivity index (χ3n) is 1.96. The molecule has 2 rings (SSSR count). The lowest BCUT2D eigenvalue weighted by molar-refractivity contribution is 0.812. The van der Waals surface area contributed by atoms with Gasteiger partial charge < -0.3 is 4.57 Å². The van der Waals surface area contributed by atoms with E-state index in [0.29, 0.717) is 0 Å². The Hall–Kier alpha value is -1.57. The minimum Gasteiger partial charge on any atom is -0.328 e. The number of nitrogens with zero attached hydrogens (tertiary/aromatic N) is 2. The molecule has 0 radical (unpaired) electrons. The van der Waals surface area contributed by atoms with E-state index in [9.17, 15) is 0 Å². The third kappa shape index (κ3) is 1.47. The van der Waals surface area contributed by atoms with Crippen molar-refractivity contribution in [1.82, 2.24) is 9.55 Å². The average Bonchev–Trinajstić information content (AvgIpc) is 2.48. The Morgan fingerprint density at radius 2 is 2.38 bits per heavy atom. The van der Waals surface area contributed by atoms with Gasteiger partial charge in [0.25, 0.3) is 0 Å². The normalized spacial score (nSPS) is 10.5. The number of hydrogen-bond acceptors (Lipinski definition) is 1. The van der Waals surface area contributed by atoms with E-state index in [-0.39, 0.29) is 0 Å². The first-order valence-electron chi connectivity index (χ1n) is 4.31. The van der Waals surface area contributed by atoms with Gasteiger partial charge in [-0.1, -0.05) is 12.2 Å². The van der Waals surface area contributed by atoms with E-state index in [1.807, 2.05) is 25.4 Å². The summed E-state index contributed by atoms with van der Waals surface area (Å²) < 4.78 is 2.11. The molecule has 0 aromatic carbocycles. The molecule has 13 heavy (non-hydrogen) atoms. The number of fused-ring (bicyclic) bond motifs is 1. The van der Waals surface area contributed by atoms with Crippen molar-refractivity contribution in [3.63, 3.8) is 0 Å². The van der Waals surface area contributed by atoms with E-state index >= 15 is 0 Å². The van der Waals surface area contributed by atoms with Gasteiger partial charge in [-0.2, -0.15) is 0 Å². The van der Waals surface area contributed by atoms with Gasteiger partial charge in [-0.25, -0.2) is 4.98 Å². The van der Waals surface area contributed by atoms with E-state index in [4.69, 9.17) is 0 Å². The van der Waals surface area contributed by atoms with Gasteiger partial charge in [0.2, 0.25) is 0 Å². The maximum Gasteiger partial charge on any atom is 0.140 e. The third-order valence-corrected chi connectivity index (χ3v) is 1.96. The minimum atomic E-state index is 0.848. The smallest absolute Gasteiger partial charge is 0.140 e. The zero-order valence-corrected chi connectivity index (χ0v) is 7.70. The molecule has 2 heterocycles. The first-order valence-corrected chi connectivity index (χ1v) is 4.31. The molecule has 0 fully saturated rings. The van der Waals surface area contributed by atoms with Crippen LogP contribution in [-0.2, 0) is 6.54 Å². The summed E-state index contributed by atoms with van der Waals surface area (Å²) in [6.45, 7) is 6.76. The highest BCUT2D eigenvalue weighted by Crippen LogP contribution is 2.13. The van der Waals surface area contributed by atoms with Crippen LogP contribution in [0, 0.1) is 0 Å². The van der Waals surface area contributed by atoms with Crippen LogP contribution in [0.5, 0.6) is 0 Å². The summed E-state index contributed by atoms with van der Waals surface area (Å²) in [5.74, 6) is 0. The number of pyridine rings is 1. The lowest BCUT2D eigenvalue weighted by Gasteiger charge is -2.02. The highest BCUT2D eigenvalue weighted by molar-refractivity contribution is 5.75. The van der Waals surface area contributed by atoms with Gasteiger partial charge in [-0.3, -0.25) is 0 Å². The van der Waals surface area contributed by atoms with Gasteiger partial charge in [0, 0.05) is 24.3 Å². The van der Waals surface area contributed by atoms with Gasteiger partial charge >= 0.3 is 0 Å². The second-order valence-electron chi connectivity index (χ2n) is 3.32. The number of aromatic nitrogens is 2. The Labute approximate surface area is 77.5 Å². The molecule has 0 N–H and O–H groups in total. The zero-order valence-electron chi connectivity index (χ0n) is 7.70. The van der Waals surface area contributed by atoms with Gasteiger partial charge in [0.05, 0.1) is 0 Å². The Kier molecular flexibility index (Phi) is 1.89. The fourth-order valence-corrected chi connectivity index (χ4v) is 1.44. The van der Waals surface area contributed by atoms with Crippen LogP contribution >= 0.6 is 0 Å². The Balaban J connectivity index is 2.51. The van der Waals surface area contributed by atoms with Crippen LogP contribution < -0.4 is 0 Å². The molecule has 0 spiro atoms. The standard InChI is InChI=1S/C11H12N2/c1-9(2)8-13-7-5-10-4-3-6-12-11(10)13/h3-7H,1,8H2,2H3. The summed E-state index contributed by atoms with van der Waals surface area (Å²) in [4.78, 5) is 4.32. The van der Waals surface area contributed by atoms with Crippen LogP contribution in [0.4, 0.5) is 0 Å². The van der Waals surface area contributed by atoms with Crippen molar-refractivity contribution < 1.29 is 0 Å². The van der Waals surface area contributed by atoms with Crippen molar-refractivity contribution in [2.45, 2.75) is 13.5 Å². The number of allylic oxidation sites excluding steroid dienone is 1. The van der Waals surface area contributed by atoms with Crippen LogP contribution in [0.15, 0.2) is 42.7 Å². The van der Waals surface area contributed by atoms with Crippen LogP contribution in [-0.4, -0.2) is 9.55 Å². The van der Waals surface area contributed by atoms with Gasteiger partial charge in [-0.15, -0.1) is 0 Å². The van der Waals surface area contributed by atoms with Crippen molar-refractivity contribution in [2.24, 2.45) is 0 Å². The number of rotatable bonds is 2. The zero-order chi connectivity index (χ0) is 9.26. The van der Waals surface area contributed by atoms with Gasteiger partial charge in [0.15, 0.2) is 0 Å². The van der Waals surface area contributed by atoms with E-state index in [2.05, 4.69) is 28.3 Å². The molecule has 2 nitrogen and oxygen atoms in total. The monoisotopic (exact) mass is 172 g/mol. The molecule has 2 heteroatoms. The van der Waals surface area contributed by atoms with Crippen molar-refractivity contribution in [3.05, 3.63) is 42.7 Å². The van der Waals surface area contributed by atoms with Crippen LogP contribution in [0.3, 0.4) is 0 Å². The summed E-state index contributed by atoms with van der Waals surface area (Å²) in [7, 11) is 0. The van der Waals surface area contributed by atoms with Crippen LogP contribution in [0.25, 0.3) is 11.0 Å². The first-order chi connectivity index (χ1) is 6.27. The first kappa shape index (κ1) is 8.05. The quantitative estimate of drug-likeness (QED) is 0.637. The van der Waals surface area contributed by atoms with Crippen molar-refractivity contribution in [3.8, 4) is 0 Å². The van der Waals surface area contributed by atoms with Crippen molar-refractivity contribution >= 4 is 11.0 Å². The highest BCUT2D eigenvalue weighted by Gasteiger charge is 1.99. The van der Waals surface area contributed by atoms with Gasteiger partial charge in [0.1, 0.15) is 5.65 Å². The SMILES string of the molecule is C=C(C)Cn1ccc2cccnc21. The Morgan fingerprint density at radius 1 is 1.54 bits per heavy atom. The molecule has 0 aliphatic heterocycles. The molecule has 0 aliphatic rings. The fraction of sp³-hybridized carbons (Fsp3) is 0.182. The lowest BCUT2D eigenvalue weighted by Crippen LogP contribution is -1.97. The van der Waals surface area contributed by atoms with Gasteiger partial charge in [-0.05, 0) is 25.1 Å². The summed E-state index contributed by atoms with van der Waals surface area (Å²) in [6.07, 6.45) is 3.86. The topological polar surface area (TPSA) is 17.8 Å². The molecule has 2 aromatic rings. The largest absolute Gasteiger partial charge is 0.328 e. The number of hydrogen-bond donors (Lipinski definition) is 0. The Bertz CT molecular complexity index is 440. The molecule has 0 unspecified atom stereocenters. The Morgan fingerprint density at radius 3 is 3.15 bits per heavy atom. The van der Waals surface area contributed by atoms with E-state index in [1.54, 1.807) is 0 Å². The fourth-order valence-electron chi connectivity index (χ4n) is 1.44. The second-order valence-corrected chi connectivity index (χ2v) is 3.32. The summed E-state index contributed by atoms with van der Waals surface area (Å²) in [5, 5.41) is 1.18. The summed E-state index contributed by atoms with van der Waals surface area (Å²) in [6, 6.07) is 6.09. The lowest BCUT2D eigenvalue weighted by atomic mass is 10.3. The highest BCUT2D eigenvalue weighted by atomic mass is 15.0. The molecule has 0 amide bonds. The molecule has 2 aromatic heterocycles. The van der Waals surface area contributed by atoms with Crippen molar-refractivity contribution in [1.29, 1.82) is 0 Å². The van der Waals surface area contributed by atoms with Crippen LogP contribution in [0.1, 0.15) is 6.92 Å². The molecule has 0 atom stereocenters. The predicted octanol–water partition coefficient (Wildman–Crippen LogP) is 2.61. The van der Waals surface area contributed by atoms with E-state index in [0.717, 1.165) is 17.8 Å². The maximum atomic E-state index is 4.32. The average molecular weight is 172 g/mol. The van der Waals surface area contributed by atoms with E-state index < -0.39 is 0 Å². The molecule has 66 valence electrons. The molecular formula is C11H12N2. The van der Waals surface area contributed by atoms with Crippen molar-refractivity contribution in [2.75, 3.05) is 0 Å². The molecule has 0 bridgehead atoms. The van der Waals surface area contributed by atoms with E-state index in [1.165, 1.54) is 5.39 Å². The second kappa shape index (κ2) is 3.05. The molecule has 0 saturated carbocycles. The molecule has 0 aliphatic carbocycles. The van der Waals surface area contributed by atoms with Crippen LogP contribution in [0.2, 0.25) is 0 Å². The minimum absolute atomic E-state index is 0.848. The summed E-state index contributed by atoms with van der Waals surface area (Å²) in [5.41, 5.74) is 2.17. The molecule has 0 saturated heterocycles.